The van der Waals surface area contributed by atoms with Gasteiger partial charge in [0.25, 0.3) is 0 Å². The molecule has 2 heterocycles. The SMILES string of the molecule is C[C@](C#N)(NC(=O)CSc1n[nH]c(-c2ccncc2)n1)C1CC1. The van der Waals surface area contributed by atoms with Crippen LogP contribution in [0.4, 0.5) is 0 Å². The van der Waals surface area contributed by atoms with Crippen LogP contribution < -0.4 is 5.32 Å². The summed E-state index contributed by atoms with van der Waals surface area (Å²) in [4.78, 5) is 20.3. The standard InChI is InChI=1S/C15H16N6OS/c1-15(9-16,11-2-3-11)19-12(22)8-23-14-18-13(20-21-14)10-4-6-17-7-5-10/h4-7,11H,2-3,8H2,1H3,(H,19,22)(H,18,20,21)/t15-/m1/s1. The highest BCUT2D eigenvalue weighted by molar-refractivity contribution is 7.99. The number of rotatable bonds is 6. The highest BCUT2D eigenvalue weighted by Gasteiger charge is 2.42. The van der Waals surface area contributed by atoms with Crippen LogP contribution in [0.5, 0.6) is 0 Å². The maximum Gasteiger partial charge on any atom is 0.231 e. The lowest BCUT2D eigenvalue weighted by Crippen LogP contribution is -2.47. The summed E-state index contributed by atoms with van der Waals surface area (Å²) in [5, 5.41) is 19.5. The van der Waals surface area contributed by atoms with Crippen LogP contribution in [-0.2, 0) is 4.79 Å². The molecule has 1 aliphatic carbocycles. The van der Waals surface area contributed by atoms with Crippen LogP contribution in [-0.4, -0.2) is 37.4 Å². The Bertz CT molecular complexity index is 736. The van der Waals surface area contributed by atoms with Crippen LogP contribution in [0.25, 0.3) is 11.4 Å². The number of carbonyl (C=O) groups is 1. The normalized spacial score (nSPS) is 16.3. The van der Waals surface area contributed by atoms with Crippen molar-refractivity contribution >= 4 is 17.7 Å². The molecule has 8 heteroatoms. The summed E-state index contributed by atoms with van der Waals surface area (Å²) >= 11 is 1.24. The molecule has 2 aromatic rings. The van der Waals surface area contributed by atoms with E-state index in [-0.39, 0.29) is 17.6 Å². The number of nitrogens with one attached hydrogen (secondary N) is 2. The van der Waals surface area contributed by atoms with Crippen molar-refractivity contribution in [1.82, 2.24) is 25.5 Å². The zero-order chi connectivity index (χ0) is 16.3. The second-order valence-electron chi connectivity index (χ2n) is 5.63. The second-order valence-corrected chi connectivity index (χ2v) is 6.57. The third-order valence-corrected chi connectivity index (χ3v) is 4.62. The topological polar surface area (TPSA) is 107 Å². The van der Waals surface area contributed by atoms with Gasteiger partial charge in [0.05, 0.1) is 11.8 Å². The van der Waals surface area contributed by atoms with Crippen molar-refractivity contribution in [3.8, 4) is 17.5 Å². The van der Waals surface area contributed by atoms with Gasteiger partial charge in [0.1, 0.15) is 5.54 Å². The lowest BCUT2D eigenvalue weighted by molar-refractivity contribution is -0.119. The molecule has 23 heavy (non-hydrogen) atoms. The fraction of sp³-hybridized carbons (Fsp3) is 0.400. The molecule has 3 rings (SSSR count). The summed E-state index contributed by atoms with van der Waals surface area (Å²) in [7, 11) is 0. The van der Waals surface area contributed by atoms with Crippen LogP contribution in [0, 0.1) is 17.2 Å². The largest absolute Gasteiger partial charge is 0.337 e. The van der Waals surface area contributed by atoms with E-state index in [0.717, 1.165) is 18.4 Å². The highest BCUT2D eigenvalue weighted by Crippen LogP contribution is 2.39. The Morgan fingerprint density at radius 3 is 2.91 bits per heavy atom. The molecule has 0 bridgehead atoms. The van der Waals surface area contributed by atoms with Crippen molar-refractivity contribution in [2.45, 2.75) is 30.5 Å². The first kappa shape index (κ1) is 15.5. The van der Waals surface area contributed by atoms with E-state index in [1.165, 1.54) is 11.8 Å². The van der Waals surface area contributed by atoms with Gasteiger partial charge in [-0.05, 0) is 37.8 Å². The highest BCUT2D eigenvalue weighted by atomic mass is 32.2. The fourth-order valence-corrected chi connectivity index (χ4v) is 2.89. The van der Waals surface area contributed by atoms with Gasteiger partial charge >= 0.3 is 0 Å². The zero-order valence-electron chi connectivity index (χ0n) is 12.6. The minimum Gasteiger partial charge on any atom is -0.337 e. The van der Waals surface area contributed by atoms with E-state index < -0.39 is 5.54 Å². The number of nitriles is 1. The summed E-state index contributed by atoms with van der Waals surface area (Å²) in [5.41, 5.74) is 0.119. The number of H-pyrrole nitrogens is 1. The van der Waals surface area contributed by atoms with Gasteiger partial charge in [-0.15, -0.1) is 5.10 Å². The molecule has 7 nitrogen and oxygen atoms in total. The summed E-state index contributed by atoms with van der Waals surface area (Å²) in [6, 6.07) is 5.87. The average Bonchev–Trinajstić information content (AvgIpc) is 3.33. The number of hydrogen-bond acceptors (Lipinski definition) is 6. The Morgan fingerprint density at radius 1 is 1.52 bits per heavy atom. The summed E-state index contributed by atoms with van der Waals surface area (Å²) in [6.07, 6.45) is 5.35. The fourth-order valence-electron chi connectivity index (χ4n) is 2.29. The number of nitrogens with zero attached hydrogens (tertiary/aromatic N) is 4. The number of amides is 1. The number of thioether (sulfide) groups is 1. The van der Waals surface area contributed by atoms with Crippen LogP contribution >= 0.6 is 11.8 Å². The van der Waals surface area contributed by atoms with Gasteiger partial charge in [-0.3, -0.25) is 14.9 Å². The molecule has 0 aliphatic heterocycles. The van der Waals surface area contributed by atoms with Crippen molar-refractivity contribution in [3.05, 3.63) is 24.5 Å². The number of aromatic nitrogens is 4. The van der Waals surface area contributed by atoms with Crippen LogP contribution in [0.1, 0.15) is 19.8 Å². The van der Waals surface area contributed by atoms with Crippen molar-refractivity contribution in [2.75, 3.05) is 5.75 Å². The van der Waals surface area contributed by atoms with Gasteiger partial charge in [-0.25, -0.2) is 4.98 Å². The van der Waals surface area contributed by atoms with Gasteiger partial charge in [-0.2, -0.15) is 5.26 Å². The Hall–Kier alpha value is -2.40. The lowest BCUT2D eigenvalue weighted by atomic mass is 9.98. The predicted molar refractivity (Wildman–Crippen MR) is 85.2 cm³/mol. The van der Waals surface area contributed by atoms with E-state index in [1.54, 1.807) is 19.3 Å². The minimum atomic E-state index is -0.765. The molecule has 0 spiro atoms. The summed E-state index contributed by atoms with van der Waals surface area (Å²) in [5.74, 6) is 0.900. The first-order valence-electron chi connectivity index (χ1n) is 7.28. The third-order valence-electron chi connectivity index (χ3n) is 3.78. The second kappa shape index (κ2) is 6.38. The molecular weight excluding hydrogens is 312 g/mol. The number of carbonyl (C=O) groups excluding carboxylic acids is 1. The smallest absolute Gasteiger partial charge is 0.231 e. The van der Waals surface area contributed by atoms with Gasteiger partial charge < -0.3 is 5.32 Å². The first-order valence-corrected chi connectivity index (χ1v) is 8.27. The molecule has 1 saturated carbocycles. The van der Waals surface area contributed by atoms with Crippen molar-refractivity contribution in [2.24, 2.45) is 5.92 Å². The van der Waals surface area contributed by atoms with Crippen LogP contribution in [0.3, 0.4) is 0 Å². The van der Waals surface area contributed by atoms with Gasteiger partial charge in [0.2, 0.25) is 11.1 Å². The van der Waals surface area contributed by atoms with Gasteiger partial charge in [-0.1, -0.05) is 11.8 Å². The number of aromatic amines is 1. The molecule has 1 fully saturated rings. The molecule has 0 aromatic carbocycles. The molecule has 1 atom stereocenters. The quantitative estimate of drug-likeness (QED) is 0.783. The van der Waals surface area contributed by atoms with Crippen molar-refractivity contribution < 1.29 is 4.79 Å². The molecule has 2 N–H and O–H groups in total. The van der Waals surface area contributed by atoms with Gasteiger partial charge in [0, 0.05) is 18.0 Å². The van der Waals surface area contributed by atoms with E-state index in [9.17, 15) is 10.1 Å². The minimum absolute atomic E-state index is 0.178. The lowest BCUT2D eigenvalue weighted by Gasteiger charge is -2.22. The van der Waals surface area contributed by atoms with E-state index in [1.807, 2.05) is 12.1 Å². The third kappa shape index (κ3) is 3.68. The van der Waals surface area contributed by atoms with Crippen molar-refractivity contribution in [1.29, 1.82) is 5.26 Å². The average molecular weight is 328 g/mol. The first-order chi connectivity index (χ1) is 11.1. The maximum atomic E-state index is 12.0. The van der Waals surface area contributed by atoms with Crippen molar-refractivity contribution in [3.63, 3.8) is 0 Å². The Kier molecular flexibility index (Phi) is 4.30. The zero-order valence-corrected chi connectivity index (χ0v) is 13.4. The Balaban J connectivity index is 1.56. The maximum absolute atomic E-state index is 12.0. The van der Waals surface area contributed by atoms with E-state index in [0.29, 0.717) is 11.0 Å². The number of hydrogen-bond donors (Lipinski definition) is 2. The molecule has 0 saturated heterocycles. The molecule has 2 aromatic heterocycles. The van der Waals surface area contributed by atoms with E-state index in [2.05, 4.69) is 31.6 Å². The van der Waals surface area contributed by atoms with Gasteiger partial charge in [0.15, 0.2) is 5.82 Å². The number of pyridine rings is 1. The van der Waals surface area contributed by atoms with Crippen LogP contribution in [0.2, 0.25) is 0 Å². The summed E-state index contributed by atoms with van der Waals surface area (Å²) < 4.78 is 0. The molecule has 118 valence electrons. The monoisotopic (exact) mass is 328 g/mol. The van der Waals surface area contributed by atoms with E-state index >= 15 is 0 Å². The van der Waals surface area contributed by atoms with E-state index in [4.69, 9.17) is 0 Å². The molecule has 0 radical (unpaired) electrons. The predicted octanol–water partition coefficient (Wildman–Crippen LogP) is 1.77. The Morgan fingerprint density at radius 2 is 2.26 bits per heavy atom. The van der Waals surface area contributed by atoms with Crippen LogP contribution in [0.15, 0.2) is 29.7 Å². The molecule has 1 aliphatic rings. The summed E-state index contributed by atoms with van der Waals surface area (Å²) in [6.45, 7) is 1.78. The molecular formula is C15H16N6OS. The molecule has 0 unspecified atom stereocenters. The molecule has 1 amide bonds. The Labute approximate surface area is 137 Å².